The molecule has 0 saturated heterocycles. The van der Waals surface area contributed by atoms with Crippen LogP contribution in [0.25, 0.3) is 0 Å². The Hall–Kier alpha value is -1.35. The van der Waals surface area contributed by atoms with Crippen LogP contribution in [0.1, 0.15) is 17.4 Å². The summed E-state index contributed by atoms with van der Waals surface area (Å²) in [4.78, 5) is 14.5. The number of hydrogen-bond acceptors (Lipinski definition) is 4. The molecule has 2 N–H and O–H groups in total. The molecule has 0 atom stereocenters. The number of aliphatic hydroxyl groups excluding tert-OH is 1. The van der Waals surface area contributed by atoms with Crippen molar-refractivity contribution in [3.8, 4) is 11.8 Å². The number of hydrogen-bond donors (Lipinski definition) is 2. The fourth-order valence-corrected chi connectivity index (χ4v) is 2.39. The number of carbonyl (C=O) groups excluding carboxylic acids is 1. The molecule has 0 fully saturated rings. The lowest BCUT2D eigenvalue weighted by Crippen LogP contribution is -2.34. The van der Waals surface area contributed by atoms with Crippen molar-refractivity contribution in [3.63, 3.8) is 0 Å². The molecule has 0 spiro atoms. The van der Waals surface area contributed by atoms with Gasteiger partial charge in [0, 0.05) is 28.9 Å². The van der Waals surface area contributed by atoms with Gasteiger partial charge >= 0.3 is 0 Å². The molecule has 18 heavy (non-hydrogen) atoms. The van der Waals surface area contributed by atoms with Crippen molar-refractivity contribution in [3.05, 3.63) is 21.9 Å². The summed E-state index contributed by atoms with van der Waals surface area (Å²) in [7, 11) is 1.91. The molecule has 0 aliphatic rings. The van der Waals surface area contributed by atoms with Gasteiger partial charge in [-0.3, -0.25) is 9.69 Å². The Kier molecular flexibility index (Phi) is 6.44. The largest absolute Gasteiger partial charge is 0.384 e. The Bertz CT molecular complexity index is 445. The van der Waals surface area contributed by atoms with Crippen molar-refractivity contribution in [2.24, 2.45) is 0 Å². The zero-order valence-electron chi connectivity index (χ0n) is 10.7. The van der Waals surface area contributed by atoms with E-state index in [1.54, 1.807) is 11.3 Å². The van der Waals surface area contributed by atoms with Crippen LogP contribution >= 0.6 is 11.3 Å². The Morgan fingerprint density at radius 2 is 2.39 bits per heavy atom. The molecular weight excluding hydrogens is 248 g/mol. The average molecular weight is 266 g/mol. The van der Waals surface area contributed by atoms with Gasteiger partial charge < -0.3 is 10.4 Å². The van der Waals surface area contributed by atoms with Crippen molar-refractivity contribution < 1.29 is 9.90 Å². The lowest BCUT2D eigenvalue weighted by atomic mass is 10.3. The highest BCUT2D eigenvalue weighted by Crippen LogP contribution is 2.15. The number of nitrogens with zero attached hydrogens (tertiary/aromatic N) is 1. The zero-order chi connectivity index (χ0) is 13.4. The Morgan fingerprint density at radius 3 is 3.06 bits per heavy atom. The van der Waals surface area contributed by atoms with Gasteiger partial charge in [-0.15, -0.1) is 11.3 Å². The van der Waals surface area contributed by atoms with Crippen LogP contribution in [0, 0.1) is 11.8 Å². The third-order valence-electron chi connectivity index (χ3n) is 2.18. The van der Waals surface area contributed by atoms with Crippen LogP contribution in [0.4, 0.5) is 0 Å². The van der Waals surface area contributed by atoms with Gasteiger partial charge in [0.25, 0.3) is 0 Å². The molecule has 98 valence electrons. The summed E-state index contributed by atoms with van der Waals surface area (Å²) in [6.07, 6.45) is 0. The van der Waals surface area contributed by atoms with E-state index in [-0.39, 0.29) is 12.5 Å². The predicted molar refractivity (Wildman–Crippen MR) is 73.3 cm³/mol. The average Bonchev–Trinajstić information content (AvgIpc) is 2.74. The number of carbonyl (C=O) groups is 1. The SMILES string of the molecule is CCNC(=O)CN(C)Cc1cc(C#CCO)cs1. The summed E-state index contributed by atoms with van der Waals surface area (Å²) in [5.74, 6) is 5.52. The van der Waals surface area contributed by atoms with Crippen molar-refractivity contribution in [2.45, 2.75) is 13.5 Å². The van der Waals surface area contributed by atoms with E-state index in [0.29, 0.717) is 13.1 Å². The van der Waals surface area contributed by atoms with Crippen molar-refractivity contribution in [1.29, 1.82) is 0 Å². The molecule has 0 unspecified atom stereocenters. The van der Waals surface area contributed by atoms with Gasteiger partial charge in [0.1, 0.15) is 6.61 Å². The maximum absolute atomic E-state index is 11.4. The predicted octanol–water partition coefficient (Wildman–Crippen LogP) is 0.660. The van der Waals surface area contributed by atoms with Gasteiger partial charge in [-0.1, -0.05) is 11.8 Å². The van der Waals surface area contributed by atoms with Crippen LogP contribution in [0.5, 0.6) is 0 Å². The molecule has 1 aromatic rings. The first kappa shape index (κ1) is 14.7. The van der Waals surface area contributed by atoms with Gasteiger partial charge in [0.05, 0.1) is 6.54 Å². The highest BCUT2D eigenvalue weighted by molar-refractivity contribution is 7.10. The molecule has 0 aliphatic carbocycles. The summed E-state index contributed by atoms with van der Waals surface area (Å²) in [5, 5.41) is 13.3. The van der Waals surface area contributed by atoms with Crippen molar-refractivity contribution >= 4 is 17.2 Å². The Morgan fingerprint density at radius 1 is 1.61 bits per heavy atom. The van der Waals surface area contributed by atoms with Gasteiger partial charge in [-0.25, -0.2) is 0 Å². The molecule has 0 saturated carbocycles. The first-order chi connectivity index (χ1) is 8.65. The van der Waals surface area contributed by atoms with Gasteiger partial charge in [0.2, 0.25) is 5.91 Å². The number of aliphatic hydroxyl groups is 1. The molecule has 1 amide bonds. The standard InChI is InChI=1S/C13H18N2O2S/c1-3-14-13(17)9-15(2)8-12-7-11(10-18-12)5-4-6-16/h7,10,16H,3,6,8-9H2,1-2H3,(H,14,17). The first-order valence-corrected chi connectivity index (χ1v) is 6.66. The maximum Gasteiger partial charge on any atom is 0.234 e. The van der Waals surface area contributed by atoms with E-state index in [1.165, 1.54) is 0 Å². The zero-order valence-corrected chi connectivity index (χ0v) is 11.5. The summed E-state index contributed by atoms with van der Waals surface area (Å²) in [6, 6.07) is 1.99. The number of amides is 1. The molecule has 0 aromatic carbocycles. The van der Waals surface area contributed by atoms with Gasteiger partial charge in [0.15, 0.2) is 0 Å². The molecule has 0 aliphatic heterocycles. The molecule has 1 aromatic heterocycles. The van der Waals surface area contributed by atoms with Gasteiger partial charge in [-0.2, -0.15) is 0 Å². The summed E-state index contributed by atoms with van der Waals surface area (Å²) < 4.78 is 0. The molecule has 5 heteroatoms. The number of nitrogens with one attached hydrogen (secondary N) is 1. The summed E-state index contributed by atoms with van der Waals surface area (Å²) in [6.45, 7) is 3.56. The number of likely N-dealkylation sites (N-methyl/N-ethyl adjacent to an activating group) is 2. The summed E-state index contributed by atoms with van der Waals surface area (Å²) >= 11 is 1.61. The van der Waals surface area contributed by atoms with E-state index in [0.717, 1.165) is 17.0 Å². The van der Waals surface area contributed by atoms with E-state index >= 15 is 0 Å². The van der Waals surface area contributed by atoms with Crippen LogP contribution < -0.4 is 5.32 Å². The summed E-state index contributed by atoms with van der Waals surface area (Å²) in [5.41, 5.74) is 0.912. The second-order valence-corrected chi connectivity index (χ2v) is 4.88. The van der Waals surface area contributed by atoms with E-state index < -0.39 is 0 Å². The molecule has 0 bridgehead atoms. The smallest absolute Gasteiger partial charge is 0.234 e. The Balaban J connectivity index is 2.46. The fourth-order valence-electron chi connectivity index (χ4n) is 1.49. The lowest BCUT2D eigenvalue weighted by Gasteiger charge is -2.14. The number of thiophene rings is 1. The molecular formula is C13H18N2O2S. The minimum atomic E-state index is -0.123. The quantitative estimate of drug-likeness (QED) is 0.770. The normalized spacial score (nSPS) is 10.0. The first-order valence-electron chi connectivity index (χ1n) is 5.78. The van der Waals surface area contributed by atoms with Crippen molar-refractivity contribution in [1.82, 2.24) is 10.2 Å². The van der Waals surface area contributed by atoms with E-state index in [2.05, 4.69) is 17.2 Å². The number of rotatable bonds is 5. The van der Waals surface area contributed by atoms with Gasteiger partial charge in [-0.05, 0) is 20.0 Å². The van der Waals surface area contributed by atoms with E-state index in [1.807, 2.05) is 30.3 Å². The van der Waals surface area contributed by atoms with Crippen LogP contribution in [-0.4, -0.2) is 42.7 Å². The van der Waals surface area contributed by atoms with Crippen molar-refractivity contribution in [2.75, 3.05) is 26.7 Å². The highest BCUT2D eigenvalue weighted by Gasteiger charge is 2.07. The Labute approximate surface area is 112 Å². The third-order valence-corrected chi connectivity index (χ3v) is 3.10. The monoisotopic (exact) mass is 266 g/mol. The second-order valence-electron chi connectivity index (χ2n) is 3.89. The fraction of sp³-hybridized carbons (Fsp3) is 0.462. The minimum Gasteiger partial charge on any atom is -0.384 e. The van der Waals surface area contributed by atoms with Crippen LogP contribution in [-0.2, 0) is 11.3 Å². The molecule has 4 nitrogen and oxygen atoms in total. The topological polar surface area (TPSA) is 52.6 Å². The highest BCUT2D eigenvalue weighted by atomic mass is 32.1. The van der Waals surface area contributed by atoms with E-state index in [4.69, 9.17) is 5.11 Å². The maximum atomic E-state index is 11.4. The minimum absolute atomic E-state index is 0.0388. The second kappa shape index (κ2) is 7.88. The van der Waals surface area contributed by atoms with Crippen LogP contribution in [0.3, 0.4) is 0 Å². The lowest BCUT2D eigenvalue weighted by molar-refractivity contribution is -0.121. The molecule has 1 rings (SSSR count). The van der Waals surface area contributed by atoms with Crippen LogP contribution in [0.2, 0.25) is 0 Å². The molecule has 1 heterocycles. The molecule has 0 radical (unpaired) electrons. The van der Waals surface area contributed by atoms with E-state index in [9.17, 15) is 4.79 Å². The third kappa shape index (κ3) is 5.32. The van der Waals surface area contributed by atoms with Crippen LogP contribution in [0.15, 0.2) is 11.4 Å².